The molecule has 0 bridgehead atoms. The van der Waals surface area contributed by atoms with Gasteiger partial charge in [-0.2, -0.15) is 4.98 Å². The van der Waals surface area contributed by atoms with Crippen LogP contribution in [0.1, 0.15) is 6.42 Å². The van der Waals surface area contributed by atoms with Crippen molar-refractivity contribution >= 4 is 5.95 Å². The molecule has 0 radical (unpaired) electrons. The summed E-state index contributed by atoms with van der Waals surface area (Å²) in [4.78, 5) is 8.13. The van der Waals surface area contributed by atoms with E-state index in [4.69, 9.17) is 14.2 Å². The molecule has 0 aliphatic carbocycles. The Labute approximate surface area is 101 Å². The number of hydrogen-bond acceptors (Lipinski definition) is 6. The van der Waals surface area contributed by atoms with Crippen molar-refractivity contribution in [3.8, 4) is 5.88 Å². The largest absolute Gasteiger partial charge is 0.477 e. The quantitative estimate of drug-likeness (QED) is 0.649. The van der Waals surface area contributed by atoms with Crippen LogP contribution in [-0.4, -0.2) is 50.6 Å². The average Bonchev–Trinajstić information content (AvgIpc) is 2.38. The summed E-state index contributed by atoms with van der Waals surface area (Å²) in [6.07, 6.45) is 2.48. The Morgan fingerprint density at radius 2 is 2.12 bits per heavy atom. The predicted octanol–water partition coefficient (Wildman–Crippen LogP) is 0.950. The molecule has 17 heavy (non-hydrogen) atoms. The predicted molar refractivity (Wildman–Crippen MR) is 64.4 cm³/mol. The number of anilines is 1. The van der Waals surface area contributed by atoms with Crippen molar-refractivity contribution in [3.63, 3.8) is 0 Å². The van der Waals surface area contributed by atoms with Crippen LogP contribution < -0.4 is 10.1 Å². The van der Waals surface area contributed by atoms with E-state index in [0.717, 1.165) is 6.42 Å². The maximum atomic E-state index is 5.45. The van der Waals surface area contributed by atoms with E-state index in [0.29, 0.717) is 38.3 Å². The number of nitrogens with zero attached hydrogens (tertiary/aromatic N) is 2. The molecule has 0 aromatic carbocycles. The fourth-order valence-corrected chi connectivity index (χ4v) is 1.13. The van der Waals surface area contributed by atoms with Crippen LogP contribution in [0.25, 0.3) is 0 Å². The number of methoxy groups -OCH3 is 1. The van der Waals surface area contributed by atoms with Gasteiger partial charge >= 0.3 is 0 Å². The molecule has 6 nitrogen and oxygen atoms in total. The Hall–Kier alpha value is -1.40. The Bertz CT molecular complexity index is 310. The molecule has 0 aliphatic heterocycles. The van der Waals surface area contributed by atoms with Crippen molar-refractivity contribution in [1.29, 1.82) is 0 Å². The van der Waals surface area contributed by atoms with E-state index in [2.05, 4.69) is 15.3 Å². The van der Waals surface area contributed by atoms with Gasteiger partial charge in [-0.15, -0.1) is 0 Å². The topological polar surface area (TPSA) is 65.5 Å². The summed E-state index contributed by atoms with van der Waals surface area (Å²) >= 11 is 0. The lowest BCUT2D eigenvalue weighted by molar-refractivity contribution is 0.0642. The number of hydrogen-bond donors (Lipinski definition) is 1. The highest BCUT2D eigenvalue weighted by molar-refractivity contribution is 5.25. The molecule has 0 spiro atoms. The molecule has 0 amide bonds. The maximum absolute atomic E-state index is 5.45. The van der Waals surface area contributed by atoms with Gasteiger partial charge in [-0.25, -0.2) is 4.98 Å². The lowest BCUT2D eigenvalue weighted by Gasteiger charge is -2.06. The van der Waals surface area contributed by atoms with E-state index in [1.54, 1.807) is 26.4 Å². The zero-order valence-electron chi connectivity index (χ0n) is 10.3. The second-order valence-electron chi connectivity index (χ2n) is 3.28. The standard InChI is InChI=1S/C11H19N3O3/c1-12-11-13-5-4-10(14-11)17-7-3-6-16-9-8-15-2/h4-5H,3,6-9H2,1-2H3,(H,12,13,14). The van der Waals surface area contributed by atoms with Crippen LogP contribution in [0, 0.1) is 0 Å². The van der Waals surface area contributed by atoms with Crippen LogP contribution in [-0.2, 0) is 9.47 Å². The molecule has 0 fully saturated rings. The van der Waals surface area contributed by atoms with Crippen LogP contribution in [0.15, 0.2) is 12.3 Å². The lowest BCUT2D eigenvalue weighted by Crippen LogP contribution is -2.07. The third kappa shape index (κ3) is 6.03. The van der Waals surface area contributed by atoms with E-state index < -0.39 is 0 Å². The molecule has 1 N–H and O–H groups in total. The van der Waals surface area contributed by atoms with E-state index in [1.807, 2.05) is 0 Å². The Morgan fingerprint density at radius 3 is 2.88 bits per heavy atom. The van der Waals surface area contributed by atoms with Crippen molar-refractivity contribution in [2.75, 3.05) is 45.9 Å². The van der Waals surface area contributed by atoms with Gasteiger partial charge in [-0.3, -0.25) is 0 Å². The summed E-state index contributed by atoms with van der Waals surface area (Å²) in [5.41, 5.74) is 0. The summed E-state index contributed by atoms with van der Waals surface area (Å²) < 4.78 is 15.6. The SMILES string of the molecule is CNc1nccc(OCCCOCCOC)n1. The zero-order valence-corrected chi connectivity index (χ0v) is 10.3. The Morgan fingerprint density at radius 1 is 1.24 bits per heavy atom. The summed E-state index contributed by atoms with van der Waals surface area (Å²) in [5.74, 6) is 1.13. The second kappa shape index (κ2) is 8.72. The summed E-state index contributed by atoms with van der Waals surface area (Å²) in [7, 11) is 3.42. The maximum Gasteiger partial charge on any atom is 0.225 e. The monoisotopic (exact) mass is 241 g/mol. The highest BCUT2D eigenvalue weighted by Crippen LogP contribution is 2.07. The van der Waals surface area contributed by atoms with Gasteiger partial charge < -0.3 is 19.5 Å². The molecule has 1 aromatic rings. The van der Waals surface area contributed by atoms with Gasteiger partial charge in [0.25, 0.3) is 0 Å². The van der Waals surface area contributed by atoms with Gasteiger partial charge in [0, 0.05) is 39.4 Å². The Kier molecular flexibility index (Phi) is 7.01. The van der Waals surface area contributed by atoms with Gasteiger partial charge in [0.15, 0.2) is 0 Å². The van der Waals surface area contributed by atoms with Crippen LogP contribution in [0.2, 0.25) is 0 Å². The molecule has 0 atom stereocenters. The third-order valence-electron chi connectivity index (χ3n) is 1.97. The van der Waals surface area contributed by atoms with Crippen LogP contribution in [0.4, 0.5) is 5.95 Å². The normalized spacial score (nSPS) is 10.2. The van der Waals surface area contributed by atoms with E-state index in [-0.39, 0.29) is 0 Å². The van der Waals surface area contributed by atoms with Crippen molar-refractivity contribution in [1.82, 2.24) is 9.97 Å². The van der Waals surface area contributed by atoms with Crippen LogP contribution in [0.5, 0.6) is 5.88 Å². The van der Waals surface area contributed by atoms with Crippen molar-refractivity contribution < 1.29 is 14.2 Å². The first kappa shape index (κ1) is 13.7. The van der Waals surface area contributed by atoms with Crippen molar-refractivity contribution in [2.24, 2.45) is 0 Å². The molecule has 0 aliphatic rings. The summed E-state index contributed by atoms with van der Waals surface area (Å²) in [6, 6.07) is 1.73. The van der Waals surface area contributed by atoms with E-state index in [9.17, 15) is 0 Å². The van der Waals surface area contributed by atoms with Gasteiger partial charge in [0.05, 0.1) is 19.8 Å². The van der Waals surface area contributed by atoms with Crippen molar-refractivity contribution in [2.45, 2.75) is 6.42 Å². The molecule has 1 rings (SSSR count). The lowest BCUT2D eigenvalue weighted by atomic mass is 10.5. The highest BCUT2D eigenvalue weighted by Gasteiger charge is 1.97. The second-order valence-corrected chi connectivity index (χ2v) is 3.28. The Balaban J connectivity index is 2.09. The van der Waals surface area contributed by atoms with E-state index in [1.165, 1.54) is 0 Å². The van der Waals surface area contributed by atoms with E-state index >= 15 is 0 Å². The molecule has 1 heterocycles. The molecule has 0 saturated carbocycles. The minimum absolute atomic E-state index is 0.554. The van der Waals surface area contributed by atoms with Crippen LogP contribution in [0.3, 0.4) is 0 Å². The molecule has 96 valence electrons. The summed E-state index contributed by atoms with van der Waals surface area (Å²) in [6.45, 7) is 2.48. The minimum atomic E-state index is 0.554. The molecular formula is C11H19N3O3. The fraction of sp³-hybridized carbons (Fsp3) is 0.636. The third-order valence-corrected chi connectivity index (χ3v) is 1.97. The van der Waals surface area contributed by atoms with Gasteiger partial charge in [0.2, 0.25) is 11.8 Å². The number of nitrogens with one attached hydrogen (secondary N) is 1. The molecular weight excluding hydrogens is 222 g/mol. The first-order valence-corrected chi connectivity index (χ1v) is 5.57. The first-order chi connectivity index (χ1) is 8.36. The van der Waals surface area contributed by atoms with Gasteiger partial charge in [-0.1, -0.05) is 0 Å². The van der Waals surface area contributed by atoms with Crippen molar-refractivity contribution in [3.05, 3.63) is 12.3 Å². The first-order valence-electron chi connectivity index (χ1n) is 5.57. The highest BCUT2D eigenvalue weighted by atomic mass is 16.5. The van der Waals surface area contributed by atoms with Crippen LogP contribution >= 0.6 is 0 Å². The number of rotatable bonds is 9. The molecule has 1 aromatic heterocycles. The smallest absolute Gasteiger partial charge is 0.225 e. The summed E-state index contributed by atoms with van der Waals surface area (Å²) in [5, 5.41) is 2.85. The molecule has 0 saturated heterocycles. The average molecular weight is 241 g/mol. The fourth-order valence-electron chi connectivity index (χ4n) is 1.13. The zero-order chi connectivity index (χ0) is 12.3. The number of aromatic nitrogens is 2. The molecule has 6 heteroatoms. The minimum Gasteiger partial charge on any atom is -0.477 e. The van der Waals surface area contributed by atoms with Gasteiger partial charge in [-0.05, 0) is 0 Å². The number of ether oxygens (including phenoxy) is 3. The molecule has 0 unspecified atom stereocenters. The van der Waals surface area contributed by atoms with Gasteiger partial charge in [0.1, 0.15) is 0 Å².